The van der Waals surface area contributed by atoms with Crippen molar-refractivity contribution in [3.63, 3.8) is 0 Å². The smallest absolute Gasteiger partial charge is 0.227 e. The average molecular weight is 388 g/mol. The lowest BCUT2D eigenvalue weighted by atomic mass is 9.95. The molecule has 0 spiro atoms. The Morgan fingerprint density at radius 2 is 1.69 bits per heavy atom. The maximum absolute atomic E-state index is 12.8. The molecule has 3 aromatic rings. The van der Waals surface area contributed by atoms with Crippen LogP contribution >= 0.6 is 0 Å². The zero-order chi connectivity index (χ0) is 20.1. The molecular weight excluding hydrogens is 364 g/mol. The molecule has 6 nitrogen and oxygen atoms in total. The van der Waals surface area contributed by atoms with E-state index in [1.807, 2.05) is 73.7 Å². The third kappa shape index (κ3) is 4.71. The standard InChI is InChI=1S/C23H24N4O2/c1-17-11-12-22(26-25-17)27-15-13-18(14-16-27)23(28)24-20-9-5-6-10-21(20)29-19-7-3-2-4-8-19/h2-12,18H,13-16H2,1H3,(H,24,28). The van der Waals surface area contributed by atoms with Gasteiger partial charge in [0.25, 0.3) is 0 Å². The minimum absolute atomic E-state index is 0.0313. The summed E-state index contributed by atoms with van der Waals surface area (Å²) in [5, 5.41) is 11.4. The van der Waals surface area contributed by atoms with Crippen molar-refractivity contribution in [1.29, 1.82) is 0 Å². The highest BCUT2D eigenvalue weighted by atomic mass is 16.5. The van der Waals surface area contributed by atoms with E-state index < -0.39 is 0 Å². The van der Waals surface area contributed by atoms with Crippen LogP contribution in [0.4, 0.5) is 11.5 Å². The Morgan fingerprint density at radius 1 is 0.966 bits per heavy atom. The number of ether oxygens (including phenoxy) is 1. The minimum atomic E-state index is -0.0329. The Kier molecular flexibility index (Phi) is 5.70. The highest BCUT2D eigenvalue weighted by Gasteiger charge is 2.26. The van der Waals surface area contributed by atoms with Crippen LogP contribution in [-0.4, -0.2) is 29.2 Å². The van der Waals surface area contributed by atoms with E-state index in [-0.39, 0.29) is 11.8 Å². The molecule has 1 amide bonds. The third-order valence-electron chi connectivity index (χ3n) is 5.09. The number of amides is 1. The number of hydrogen-bond acceptors (Lipinski definition) is 5. The zero-order valence-electron chi connectivity index (χ0n) is 16.4. The lowest BCUT2D eigenvalue weighted by molar-refractivity contribution is -0.120. The minimum Gasteiger partial charge on any atom is -0.455 e. The van der Waals surface area contributed by atoms with E-state index in [0.29, 0.717) is 11.4 Å². The first-order valence-electron chi connectivity index (χ1n) is 9.87. The van der Waals surface area contributed by atoms with Gasteiger partial charge in [0.2, 0.25) is 5.91 Å². The third-order valence-corrected chi connectivity index (χ3v) is 5.09. The largest absolute Gasteiger partial charge is 0.455 e. The van der Waals surface area contributed by atoms with Crippen LogP contribution in [0.15, 0.2) is 66.7 Å². The first-order valence-corrected chi connectivity index (χ1v) is 9.87. The summed E-state index contributed by atoms with van der Waals surface area (Å²) >= 11 is 0. The molecule has 6 heteroatoms. The van der Waals surface area contributed by atoms with Gasteiger partial charge in [0.1, 0.15) is 5.75 Å². The van der Waals surface area contributed by atoms with Crippen molar-refractivity contribution in [2.45, 2.75) is 19.8 Å². The summed E-state index contributed by atoms with van der Waals surface area (Å²) in [7, 11) is 0. The Balaban J connectivity index is 1.37. The van der Waals surface area contributed by atoms with Gasteiger partial charge in [0, 0.05) is 19.0 Å². The predicted molar refractivity (Wildman–Crippen MR) is 113 cm³/mol. The first-order chi connectivity index (χ1) is 14.2. The van der Waals surface area contributed by atoms with Crippen molar-refractivity contribution < 1.29 is 9.53 Å². The van der Waals surface area contributed by atoms with E-state index in [1.54, 1.807) is 0 Å². The van der Waals surface area contributed by atoms with E-state index >= 15 is 0 Å². The topological polar surface area (TPSA) is 67.4 Å². The van der Waals surface area contributed by atoms with Crippen LogP contribution in [0.2, 0.25) is 0 Å². The van der Waals surface area contributed by atoms with Crippen LogP contribution < -0.4 is 15.0 Å². The second kappa shape index (κ2) is 8.73. The highest BCUT2D eigenvalue weighted by Crippen LogP contribution is 2.30. The lowest BCUT2D eigenvalue weighted by Crippen LogP contribution is -2.38. The van der Waals surface area contributed by atoms with Crippen molar-refractivity contribution in [3.05, 3.63) is 72.4 Å². The number of nitrogens with zero attached hydrogens (tertiary/aromatic N) is 3. The van der Waals surface area contributed by atoms with Crippen LogP contribution in [0.25, 0.3) is 0 Å². The van der Waals surface area contributed by atoms with Crippen LogP contribution in [0.5, 0.6) is 11.5 Å². The summed E-state index contributed by atoms with van der Waals surface area (Å²) in [5.41, 5.74) is 1.59. The second-order valence-electron chi connectivity index (χ2n) is 7.19. The molecule has 2 aromatic carbocycles. The monoisotopic (exact) mass is 388 g/mol. The van der Waals surface area contributed by atoms with Crippen LogP contribution in [0, 0.1) is 12.8 Å². The average Bonchev–Trinajstić information content (AvgIpc) is 2.76. The van der Waals surface area contributed by atoms with Crippen LogP contribution in [-0.2, 0) is 4.79 Å². The lowest BCUT2D eigenvalue weighted by Gasteiger charge is -2.31. The fourth-order valence-electron chi connectivity index (χ4n) is 3.44. The van der Waals surface area contributed by atoms with Gasteiger partial charge >= 0.3 is 0 Å². The number of aryl methyl sites for hydroxylation is 1. The number of carbonyl (C=O) groups excluding carboxylic acids is 1. The molecule has 0 unspecified atom stereocenters. The van der Waals surface area contributed by atoms with E-state index in [1.165, 1.54) is 0 Å². The summed E-state index contributed by atoms with van der Waals surface area (Å²) in [4.78, 5) is 15.0. The van der Waals surface area contributed by atoms with Gasteiger partial charge in [0.15, 0.2) is 11.6 Å². The molecule has 1 aliphatic rings. The summed E-state index contributed by atoms with van der Waals surface area (Å²) in [6.45, 7) is 3.50. The van der Waals surface area contributed by atoms with Gasteiger partial charge in [-0.25, -0.2) is 0 Å². The van der Waals surface area contributed by atoms with Gasteiger partial charge in [0.05, 0.1) is 11.4 Å². The number of hydrogen-bond donors (Lipinski definition) is 1. The number of nitrogens with one attached hydrogen (secondary N) is 1. The van der Waals surface area contributed by atoms with Gasteiger partial charge in [-0.1, -0.05) is 30.3 Å². The fourth-order valence-corrected chi connectivity index (χ4v) is 3.44. The molecule has 1 saturated heterocycles. The predicted octanol–water partition coefficient (Wildman–Crippen LogP) is 4.43. The number of aromatic nitrogens is 2. The van der Waals surface area contributed by atoms with Gasteiger partial charge in [-0.15, -0.1) is 5.10 Å². The molecule has 29 heavy (non-hydrogen) atoms. The molecule has 0 radical (unpaired) electrons. The number of rotatable bonds is 5. The SMILES string of the molecule is Cc1ccc(N2CCC(C(=O)Nc3ccccc3Oc3ccccc3)CC2)nn1. The summed E-state index contributed by atoms with van der Waals surface area (Å²) < 4.78 is 5.94. The Labute approximate surface area is 170 Å². The molecular formula is C23H24N4O2. The van der Waals surface area contributed by atoms with Crippen molar-refractivity contribution in [2.75, 3.05) is 23.3 Å². The molecule has 2 heterocycles. The molecule has 4 rings (SSSR count). The second-order valence-corrected chi connectivity index (χ2v) is 7.19. The summed E-state index contributed by atoms with van der Waals surface area (Å²) in [5.74, 6) is 2.25. The van der Waals surface area contributed by atoms with Gasteiger partial charge in [-0.05, 0) is 56.2 Å². The number of benzene rings is 2. The van der Waals surface area contributed by atoms with E-state index in [9.17, 15) is 4.79 Å². The maximum atomic E-state index is 12.8. The summed E-state index contributed by atoms with van der Waals surface area (Å²) in [6.07, 6.45) is 1.56. The highest BCUT2D eigenvalue weighted by molar-refractivity contribution is 5.94. The molecule has 1 aromatic heterocycles. The van der Waals surface area contributed by atoms with E-state index in [0.717, 1.165) is 43.2 Å². The molecule has 0 atom stereocenters. The number of piperidine rings is 1. The Bertz CT molecular complexity index is 952. The number of para-hydroxylation sites is 3. The number of carbonyl (C=O) groups is 1. The van der Waals surface area contributed by atoms with Gasteiger partial charge < -0.3 is 15.0 Å². The van der Waals surface area contributed by atoms with Gasteiger partial charge in [-0.2, -0.15) is 5.10 Å². The molecule has 1 aliphatic heterocycles. The summed E-state index contributed by atoms with van der Waals surface area (Å²) in [6, 6.07) is 21.0. The molecule has 148 valence electrons. The molecule has 0 aliphatic carbocycles. The quantitative estimate of drug-likeness (QED) is 0.700. The molecule has 0 saturated carbocycles. The van der Waals surface area contributed by atoms with E-state index in [4.69, 9.17) is 4.74 Å². The zero-order valence-corrected chi connectivity index (χ0v) is 16.4. The molecule has 1 fully saturated rings. The van der Waals surface area contributed by atoms with Crippen molar-refractivity contribution in [3.8, 4) is 11.5 Å². The molecule has 1 N–H and O–H groups in total. The van der Waals surface area contributed by atoms with Crippen LogP contribution in [0.1, 0.15) is 18.5 Å². The van der Waals surface area contributed by atoms with Crippen LogP contribution in [0.3, 0.4) is 0 Å². The van der Waals surface area contributed by atoms with Crippen molar-refractivity contribution >= 4 is 17.4 Å². The Morgan fingerprint density at radius 3 is 2.41 bits per heavy atom. The van der Waals surface area contributed by atoms with E-state index in [2.05, 4.69) is 20.4 Å². The first kappa shape index (κ1) is 18.9. The fraction of sp³-hybridized carbons (Fsp3) is 0.261. The number of anilines is 2. The normalized spacial score (nSPS) is 14.4. The molecule has 0 bridgehead atoms. The Hall–Kier alpha value is -3.41. The van der Waals surface area contributed by atoms with Gasteiger partial charge in [-0.3, -0.25) is 4.79 Å². The maximum Gasteiger partial charge on any atom is 0.227 e. The van der Waals surface area contributed by atoms with Crippen molar-refractivity contribution in [1.82, 2.24) is 10.2 Å². The van der Waals surface area contributed by atoms with Crippen molar-refractivity contribution in [2.24, 2.45) is 5.92 Å².